The number of benzene rings is 1. The Labute approximate surface area is 111 Å². The van der Waals surface area contributed by atoms with Gasteiger partial charge in [0.1, 0.15) is 0 Å². The van der Waals surface area contributed by atoms with Gasteiger partial charge in [0.2, 0.25) is 0 Å². The van der Waals surface area contributed by atoms with Crippen LogP contribution in [0.15, 0.2) is 23.0 Å². The second-order valence-electron chi connectivity index (χ2n) is 4.17. The maximum atomic E-state index is 12.0. The molecule has 0 atom stereocenters. The molecule has 0 radical (unpaired) electrons. The van der Waals surface area contributed by atoms with Crippen molar-refractivity contribution in [1.82, 2.24) is 4.98 Å². The second-order valence-corrected chi connectivity index (χ2v) is 5.77. The van der Waals surface area contributed by atoms with Crippen molar-refractivity contribution in [2.45, 2.75) is 18.8 Å². The van der Waals surface area contributed by atoms with Crippen LogP contribution in [0.2, 0.25) is 5.02 Å². The lowest BCUT2D eigenvalue weighted by Crippen LogP contribution is -2.05. The molecule has 0 spiro atoms. The monoisotopic (exact) mass is 345 g/mol. The van der Waals surface area contributed by atoms with Gasteiger partial charge in [-0.2, -0.15) is 0 Å². The molecule has 3 rings (SSSR count). The average Bonchev–Trinajstić information content (AvgIpc) is 3.02. The lowest BCUT2D eigenvalue weighted by Gasteiger charge is -2.05. The molecule has 1 heterocycles. The number of H-pyrrole nitrogens is 1. The van der Waals surface area contributed by atoms with Gasteiger partial charge in [-0.1, -0.05) is 11.6 Å². The van der Waals surface area contributed by atoms with E-state index < -0.39 is 0 Å². The fourth-order valence-corrected chi connectivity index (χ4v) is 3.07. The summed E-state index contributed by atoms with van der Waals surface area (Å²) >= 11 is 8.16. The number of halogens is 2. The van der Waals surface area contributed by atoms with Crippen molar-refractivity contribution < 1.29 is 0 Å². The number of fused-ring (bicyclic) bond motifs is 1. The van der Waals surface area contributed by atoms with Gasteiger partial charge in [-0.05, 0) is 53.5 Å². The number of aromatic nitrogens is 1. The number of aromatic amines is 1. The molecule has 82 valence electrons. The molecule has 16 heavy (non-hydrogen) atoms. The van der Waals surface area contributed by atoms with Crippen LogP contribution in [-0.2, 0) is 0 Å². The topological polar surface area (TPSA) is 32.9 Å². The Bertz CT molecular complexity index is 631. The van der Waals surface area contributed by atoms with Crippen LogP contribution in [0.25, 0.3) is 10.9 Å². The molecule has 1 aliphatic rings. The Balaban J connectivity index is 2.37. The van der Waals surface area contributed by atoms with E-state index >= 15 is 0 Å². The SMILES string of the molecule is O=c1cc(C2CC2)[nH]c2c(I)cc(Cl)cc12. The van der Waals surface area contributed by atoms with Crippen molar-refractivity contribution in [3.8, 4) is 0 Å². The summed E-state index contributed by atoms with van der Waals surface area (Å²) in [6.45, 7) is 0. The summed E-state index contributed by atoms with van der Waals surface area (Å²) in [4.78, 5) is 15.3. The van der Waals surface area contributed by atoms with Gasteiger partial charge in [-0.3, -0.25) is 4.79 Å². The van der Waals surface area contributed by atoms with Gasteiger partial charge in [-0.15, -0.1) is 0 Å². The highest BCUT2D eigenvalue weighted by atomic mass is 127. The predicted molar refractivity (Wildman–Crippen MR) is 74.3 cm³/mol. The molecular formula is C12H9ClINO. The third-order valence-corrected chi connectivity index (χ3v) is 3.96. The van der Waals surface area contributed by atoms with Crippen molar-refractivity contribution in [2.24, 2.45) is 0 Å². The highest BCUT2D eigenvalue weighted by Crippen LogP contribution is 2.39. The summed E-state index contributed by atoms with van der Waals surface area (Å²) < 4.78 is 1.000. The molecule has 1 aromatic heterocycles. The van der Waals surface area contributed by atoms with E-state index in [-0.39, 0.29) is 5.43 Å². The Morgan fingerprint density at radius 1 is 1.31 bits per heavy atom. The average molecular weight is 346 g/mol. The molecular weight excluding hydrogens is 336 g/mol. The first kappa shape index (κ1) is 10.6. The smallest absolute Gasteiger partial charge is 0.189 e. The van der Waals surface area contributed by atoms with Crippen molar-refractivity contribution in [3.05, 3.63) is 42.7 Å². The fraction of sp³-hybridized carbons (Fsp3) is 0.250. The first-order valence-electron chi connectivity index (χ1n) is 5.17. The van der Waals surface area contributed by atoms with Gasteiger partial charge < -0.3 is 4.98 Å². The van der Waals surface area contributed by atoms with Crippen molar-refractivity contribution >= 4 is 45.1 Å². The molecule has 1 N–H and O–H groups in total. The quantitative estimate of drug-likeness (QED) is 0.786. The molecule has 0 aliphatic heterocycles. The summed E-state index contributed by atoms with van der Waals surface area (Å²) in [7, 11) is 0. The zero-order valence-electron chi connectivity index (χ0n) is 8.39. The summed E-state index contributed by atoms with van der Waals surface area (Å²) in [6.07, 6.45) is 2.37. The van der Waals surface area contributed by atoms with Crippen LogP contribution in [0.5, 0.6) is 0 Å². The maximum Gasteiger partial charge on any atom is 0.189 e. The lowest BCUT2D eigenvalue weighted by molar-refractivity contribution is 1.04. The van der Waals surface area contributed by atoms with Crippen LogP contribution in [-0.4, -0.2) is 4.98 Å². The van der Waals surface area contributed by atoms with Gasteiger partial charge in [-0.25, -0.2) is 0 Å². The standard InChI is InChI=1S/C12H9ClINO/c13-7-3-8-11(16)5-10(6-1-2-6)15-12(8)9(14)4-7/h3-6H,1-2H2,(H,15,16). The maximum absolute atomic E-state index is 12.0. The number of nitrogens with one attached hydrogen (secondary N) is 1. The Morgan fingerprint density at radius 3 is 2.75 bits per heavy atom. The molecule has 2 nitrogen and oxygen atoms in total. The fourth-order valence-electron chi connectivity index (χ4n) is 1.91. The molecule has 0 amide bonds. The van der Waals surface area contributed by atoms with Crippen LogP contribution >= 0.6 is 34.2 Å². The normalized spacial score (nSPS) is 15.6. The Morgan fingerprint density at radius 2 is 2.06 bits per heavy atom. The largest absolute Gasteiger partial charge is 0.357 e. The number of hydrogen-bond donors (Lipinski definition) is 1. The number of rotatable bonds is 1. The van der Waals surface area contributed by atoms with Crippen molar-refractivity contribution in [2.75, 3.05) is 0 Å². The van der Waals surface area contributed by atoms with E-state index in [0.717, 1.165) is 14.8 Å². The van der Waals surface area contributed by atoms with Crippen LogP contribution in [0.3, 0.4) is 0 Å². The zero-order chi connectivity index (χ0) is 11.3. The van der Waals surface area contributed by atoms with Crippen molar-refractivity contribution in [1.29, 1.82) is 0 Å². The molecule has 0 bridgehead atoms. The lowest BCUT2D eigenvalue weighted by atomic mass is 10.1. The molecule has 0 saturated heterocycles. The van der Waals surface area contributed by atoms with Crippen molar-refractivity contribution in [3.63, 3.8) is 0 Å². The molecule has 1 saturated carbocycles. The van der Waals surface area contributed by atoms with Crippen LogP contribution in [0.4, 0.5) is 0 Å². The minimum absolute atomic E-state index is 0.0658. The van der Waals surface area contributed by atoms with Crippen LogP contribution in [0, 0.1) is 3.57 Å². The van der Waals surface area contributed by atoms with Gasteiger partial charge in [0.05, 0.1) is 5.52 Å². The third kappa shape index (κ3) is 1.76. The minimum atomic E-state index is 0.0658. The number of pyridine rings is 1. The summed E-state index contributed by atoms with van der Waals surface area (Å²) in [5, 5.41) is 1.29. The Kier molecular flexibility index (Phi) is 2.47. The van der Waals surface area contributed by atoms with E-state index in [9.17, 15) is 4.79 Å². The minimum Gasteiger partial charge on any atom is -0.357 e. The van der Waals surface area contributed by atoms with Gasteiger partial charge >= 0.3 is 0 Å². The third-order valence-electron chi connectivity index (χ3n) is 2.89. The van der Waals surface area contributed by atoms with Gasteiger partial charge in [0.25, 0.3) is 0 Å². The van der Waals surface area contributed by atoms with Gasteiger partial charge in [0, 0.05) is 25.7 Å². The molecule has 1 aliphatic carbocycles. The highest BCUT2D eigenvalue weighted by Gasteiger charge is 2.25. The van der Waals surface area contributed by atoms with E-state index in [0.29, 0.717) is 16.3 Å². The van der Waals surface area contributed by atoms with E-state index in [1.54, 1.807) is 12.1 Å². The number of hydrogen-bond acceptors (Lipinski definition) is 1. The predicted octanol–water partition coefficient (Wildman–Crippen LogP) is 3.66. The Hall–Kier alpha value is -0.550. The van der Waals surface area contributed by atoms with E-state index in [1.165, 1.54) is 12.8 Å². The van der Waals surface area contributed by atoms with E-state index in [1.807, 2.05) is 6.07 Å². The van der Waals surface area contributed by atoms with Crippen LogP contribution in [0.1, 0.15) is 24.5 Å². The summed E-state index contributed by atoms with van der Waals surface area (Å²) in [5.74, 6) is 0.559. The molecule has 4 heteroatoms. The molecule has 2 aromatic rings. The molecule has 0 unspecified atom stereocenters. The first-order valence-corrected chi connectivity index (χ1v) is 6.63. The molecule has 1 fully saturated rings. The van der Waals surface area contributed by atoms with E-state index in [4.69, 9.17) is 11.6 Å². The molecule has 1 aromatic carbocycles. The van der Waals surface area contributed by atoms with Gasteiger partial charge in [0.15, 0.2) is 5.43 Å². The summed E-state index contributed by atoms with van der Waals surface area (Å²) in [5.41, 5.74) is 2.05. The van der Waals surface area contributed by atoms with Crippen LogP contribution < -0.4 is 5.43 Å². The zero-order valence-corrected chi connectivity index (χ0v) is 11.3. The summed E-state index contributed by atoms with van der Waals surface area (Å²) in [6, 6.07) is 5.32. The highest BCUT2D eigenvalue weighted by molar-refractivity contribution is 14.1. The first-order chi connectivity index (χ1) is 7.65. The van der Waals surface area contributed by atoms with E-state index in [2.05, 4.69) is 27.6 Å². The second kappa shape index (κ2) is 3.74.